The highest BCUT2D eigenvalue weighted by Crippen LogP contribution is 2.34. The fraction of sp³-hybridized carbons (Fsp3) is 0.583. The number of hydrogen-bond donors (Lipinski definition) is 1. The van der Waals surface area contributed by atoms with Crippen LogP contribution in [0, 0.1) is 35.4 Å². The predicted octanol–water partition coefficient (Wildman–Crippen LogP) is 3.48. The van der Waals surface area contributed by atoms with E-state index < -0.39 is 29.2 Å². The van der Waals surface area contributed by atoms with Gasteiger partial charge in [0.1, 0.15) is 5.69 Å². The van der Waals surface area contributed by atoms with Gasteiger partial charge in [-0.05, 0) is 24.7 Å². The van der Waals surface area contributed by atoms with Gasteiger partial charge >= 0.3 is 0 Å². The van der Waals surface area contributed by atoms with Crippen LogP contribution in [0.5, 0.6) is 0 Å². The minimum atomic E-state index is -1.63. The third kappa shape index (κ3) is 2.15. The third-order valence-electron chi connectivity index (χ3n) is 3.79. The lowest BCUT2D eigenvalue weighted by molar-refractivity contribution is 0.402. The number of anilines is 1. The minimum Gasteiger partial charge on any atom is -0.377 e. The molecule has 1 aromatic rings. The van der Waals surface area contributed by atoms with Crippen LogP contribution in [0.4, 0.5) is 23.2 Å². The van der Waals surface area contributed by atoms with Crippen molar-refractivity contribution in [3.05, 3.63) is 23.5 Å². The van der Waals surface area contributed by atoms with Crippen molar-refractivity contribution in [2.45, 2.75) is 32.7 Å². The van der Waals surface area contributed by atoms with Crippen LogP contribution in [-0.2, 0) is 0 Å². The van der Waals surface area contributed by atoms with Crippen molar-refractivity contribution < 1.29 is 17.6 Å². The molecule has 100 valence electrons. The molecule has 0 aliphatic heterocycles. The Morgan fingerprint density at radius 3 is 2.00 bits per heavy atom. The van der Waals surface area contributed by atoms with Gasteiger partial charge in [-0.1, -0.05) is 13.8 Å². The molecule has 1 aliphatic rings. The molecular formula is C12H14F4N2. The largest absolute Gasteiger partial charge is 0.377 e. The Balaban J connectivity index is 2.29. The van der Waals surface area contributed by atoms with Gasteiger partial charge in [0.25, 0.3) is 11.9 Å². The number of rotatable bonds is 2. The van der Waals surface area contributed by atoms with Crippen molar-refractivity contribution in [3.63, 3.8) is 0 Å². The Labute approximate surface area is 102 Å². The van der Waals surface area contributed by atoms with Gasteiger partial charge in [-0.15, -0.1) is 0 Å². The molecule has 0 bridgehead atoms. The molecule has 6 heteroatoms. The summed E-state index contributed by atoms with van der Waals surface area (Å²) < 4.78 is 52.7. The van der Waals surface area contributed by atoms with Gasteiger partial charge in [0.2, 0.25) is 11.6 Å². The van der Waals surface area contributed by atoms with Crippen molar-refractivity contribution in [2.75, 3.05) is 5.32 Å². The molecule has 0 aromatic carbocycles. The van der Waals surface area contributed by atoms with Gasteiger partial charge < -0.3 is 5.32 Å². The van der Waals surface area contributed by atoms with Crippen molar-refractivity contribution in [1.82, 2.24) is 4.98 Å². The molecule has 0 radical (unpaired) electrons. The molecule has 1 aliphatic carbocycles. The zero-order chi connectivity index (χ0) is 13.4. The van der Waals surface area contributed by atoms with Crippen LogP contribution in [0.15, 0.2) is 0 Å². The van der Waals surface area contributed by atoms with E-state index >= 15 is 0 Å². The molecule has 0 amide bonds. The highest BCUT2D eigenvalue weighted by atomic mass is 19.2. The van der Waals surface area contributed by atoms with Crippen molar-refractivity contribution >= 4 is 5.69 Å². The van der Waals surface area contributed by atoms with Crippen LogP contribution >= 0.6 is 0 Å². The molecule has 1 saturated carbocycles. The second kappa shape index (κ2) is 4.74. The summed E-state index contributed by atoms with van der Waals surface area (Å²) in [6, 6.07) is -0.190. The first kappa shape index (κ1) is 13.1. The number of nitrogens with zero attached hydrogens (tertiary/aromatic N) is 1. The normalized spacial score (nSPS) is 27.6. The first-order valence-corrected chi connectivity index (χ1v) is 5.88. The van der Waals surface area contributed by atoms with Crippen molar-refractivity contribution in [2.24, 2.45) is 11.8 Å². The summed E-state index contributed by atoms with van der Waals surface area (Å²) >= 11 is 0. The topological polar surface area (TPSA) is 24.9 Å². The number of pyridine rings is 1. The van der Waals surface area contributed by atoms with Crippen molar-refractivity contribution in [3.8, 4) is 0 Å². The Kier molecular flexibility index (Phi) is 3.45. The quantitative estimate of drug-likeness (QED) is 0.652. The van der Waals surface area contributed by atoms with E-state index in [4.69, 9.17) is 0 Å². The van der Waals surface area contributed by atoms with Crippen LogP contribution < -0.4 is 5.32 Å². The van der Waals surface area contributed by atoms with E-state index in [1.165, 1.54) is 0 Å². The standard InChI is InChI=1S/C12H14F4N2/c1-5-3-4-7(6(5)2)17-10-8(13)11(15)18-12(16)9(10)14/h5-7H,3-4H2,1-2H3,(H,17,18). The molecule has 18 heavy (non-hydrogen) atoms. The molecule has 2 rings (SSSR count). The van der Waals surface area contributed by atoms with Crippen LogP contribution in [0.2, 0.25) is 0 Å². The molecule has 0 spiro atoms. The van der Waals surface area contributed by atoms with Crippen LogP contribution in [0.3, 0.4) is 0 Å². The molecule has 1 heterocycles. The molecule has 3 atom stereocenters. The van der Waals surface area contributed by atoms with E-state index in [9.17, 15) is 17.6 Å². The minimum absolute atomic E-state index is 0.183. The van der Waals surface area contributed by atoms with E-state index in [0.717, 1.165) is 6.42 Å². The lowest BCUT2D eigenvalue weighted by Crippen LogP contribution is -2.26. The van der Waals surface area contributed by atoms with E-state index in [2.05, 4.69) is 10.3 Å². The monoisotopic (exact) mass is 262 g/mol. The SMILES string of the molecule is CC1CCC(Nc2c(F)c(F)nc(F)c2F)C1C. The van der Waals surface area contributed by atoms with E-state index in [1.807, 2.05) is 13.8 Å². The second-order valence-electron chi connectivity index (χ2n) is 4.86. The van der Waals surface area contributed by atoms with Gasteiger partial charge in [-0.2, -0.15) is 22.5 Å². The average molecular weight is 262 g/mol. The maximum atomic E-state index is 13.4. The molecule has 1 N–H and O–H groups in total. The summed E-state index contributed by atoms with van der Waals surface area (Å²) in [5.41, 5.74) is -0.758. The second-order valence-corrected chi connectivity index (χ2v) is 4.86. The molecule has 2 nitrogen and oxygen atoms in total. The highest BCUT2D eigenvalue weighted by Gasteiger charge is 2.32. The molecular weight excluding hydrogens is 248 g/mol. The fourth-order valence-electron chi connectivity index (χ4n) is 2.37. The van der Waals surface area contributed by atoms with E-state index in [1.54, 1.807) is 0 Å². The fourth-order valence-corrected chi connectivity index (χ4v) is 2.37. The summed E-state index contributed by atoms with van der Waals surface area (Å²) in [6.07, 6.45) is 1.63. The predicted molar refractivity (Wildman–Crippen MR) is 59.0 cm³/mol. The van der Waals surface area contributed by atoms with E-state index in [-0.39, 0.29) is 12.0 Å². The summed E-state index contributed by atoms with van der Waals surface area (Å²) in [6.45, 7) is 3.98. The van der Waals surface area contributed by atoms with Crippen molar-refractivity contribution in [1.29, 1.82) is 0 Å². The lowest BCUT2D eigenvalue weighted by atomic mass is 9.97. The van der Waals surface area contributed by atoms with Gasteiger partial charge in [-0.3, -0.25) is 0 Å². The van der Waals surface area contributed by atoms with Gasteiger partial charge in [0, 0.05) is 6.04 Å². The zero-order valence-electron chi connectivity index (χ0n) is 10.1. The first-order valence-electron chi connectivity index (χ1n) is 5.88. The molecule has 0 saturated heterocycles. The molecule has 3 unspecified atom stereocenters. The van der Waals surface area contributed by atoms with E-state index in [0.29, 0.717) is 12.3 Å². The Hall–Kier alpha value is -1.33. The van der Waals surface area contributed by atoms with Crippen LogP contribution in [-0.4, -0.2) is 11.0 Å². The van der Waals surface area contributed by atoms with Gasteiger partial charge in [0.15, 0.2) is 0 Å². The summed E-state index contributed by atoms with van der Waals surface area (Å²) in [7, 11) is 0. The summed E-state index contributed by atoms with van der Waals surface area (Å²) in [4.78, 5) is 2.52. The number of halogens is 4. The highest BCUT2D eigenvalue weighted by molar-refractivity contribution is 5.46. The first-order chi connectivity index (χ1) is 8.41. The summed E-state index contributed by atoms with van der Waals surface area (Å²) in [5, 5.41) is 2.57. The van der Waals surface area contributed by atoms with Gasteiger partial charge in [0.05, 0.1) is 0 Å². The Morgan fingerprint density at radius 2 is 1.56 bits per heavy atom. The number of aromatic nitrogens is 1. The lowest BCUT2D eigenvalue weighted by Gasteiger charge is -2.21. The molecule has 1 aromatic heterocycles. The maximum absolute atomic E-state index is 13.4. The van der Waals surface area contributed by atoms with Gasteiger partial charge in [-0.25, -0.2) is 0 Å². The van der Waals surface area contributed by atoms with Crippen LogP contribution in [0.1, 0.15) is 26.7 Å². The maximum Gasteiger partial charge on any atom is 0.253 e. The smallest absolute Gasteiger partial charge is 0.253 e. The molecule has 1 fully saturated rings. The zero-order valence-corrected chi connectivity index (χ0v) is 10.1. The number of nitrogens with one attached hydrogen (secondary N) is 1. The van der Waals surface area contributed by atoms with Crippen LogP contribution in [0.25, 0.3) is 0 Å². The Morgan fingerprint density at radius 1 is 1.00 bits per heavy atom. The Bertz CT molecular complexity index is 438. The third-order valence-corrected chi connectivity index (χ3v) is 3.79. The summed E-state index contributed by atoms with van der Waals surface area (Å²) in [5.74, 6) is -5.61. The number of hydrogen-bond acceptors (Lipinski definition) is 2. The average Bonchev–Trinajstić information content (AvgIpc) is 2.64.